The first-order valence-corrected chi connectivity index (χ1v) is 6.10. The predicted molar refractivity (Wildman–Crippen MR) is 79.4 cm³/mol. The van der Waals surface area contributed by atoms with E-state index in [0.717, 1.165) is 11.4 Å². The quantitative estimate of drug-likeness (QED) is 0.677. The zero-order valence-corrected chi connectivity index (χ0v) is 10.8. The molecule has 1 nitrogen and oxygen atoms in total. The number of aliphatic imine (C=N–C) groups is 1. The number of para-hydroxylation sites is 1. The minimum absolute atomic E-state index is 1.01. The van der Waals surface area contributed by atoms with Gasteiger partial charge in [-0.25, -0.2) is 0 Å². The minimum atomic E-state index is 1.01. The number of hydrogen-bond donors (Lipinski definition) is 0. The highest BCUT2D eigenvalue weighted by atomic mass is 14.7. The van der Waals surface area contributed by atoms with E-state index >= 15 is 0 Å². The molecule has 0 spiro atoms. The maximum atomic E-state index is 4.60. The van der Waals surface area contributed by atoms with E-state index in [1.54, 1.807) is 0 Å². The lowest BCUT2D eigenvalue weighted by molar-refractivity contribution is 1.39. The van der Waals surface area contributed by atoms with Crippen molar-refractivity contribution in [1.29, 1.82) is 0 Å². The van der Waals surface area contributed by atoms with Crippen LogP contribution in [0.15, 0.2) is 65.7 Å². The number of hydrogen-bond acceptors (Lipinski definition) is 1. The maximum Gasteiger partial charge on any atom is 0.0661 e. The smallest absolute Gasteiger partial charge is 0.0661 e. The molecule has 1 heteroatoms. The first-order valence-electron chi connectivity index (χ1n) is 6.10. The highest BCUT2D eigenvalue weighted by Crippen LogP contribution is 2.17. The molecule has 0 bridgehead atoms. The van der Waals surface area contributed by atoms with Gasteiger partial charge in [0.25, 0.3) is 0 Å². The van der Waals surface area contributed by atoms with Crippen LogP contribution in [-0.2, 0) is 0 Å². The Balaban J connectivity index is 2.15. The summed E-state index contributed by atoms with van der Waals surface area (Å²) in [6.45, 7) is 4.10. The lowest BCUT2D eigenvalue weighted by atomic mass is 10.2. The lowest BCUT2D eigenvalue weighted by Crippen LogP contribution is -1.84. The highest BCUT2D eigenvalue weighted by Gasteiger charge is 1.93. The average Bonchev–Trinajstić information content (AvgIpc) is 2.40. The molecule has 0 unspecified atom stereocenters. The van der Waals surface area contributed by atoms with Crippen LogP contribution in [-0.4, -0.2) is 5.71 Å². The normalized spacial score (nSPS) is 12.0. The second-order valence-corrected chi connectivity index (χ2v) is 4.28. The van der Waals surface area contributed by atoms with Gasteiger partial charge in [0.2, 0.25) is 0 Å². The van der Waals surface area contributed by atoms with E-state index in [1.165, 1.54) is 11.1 Å². The number of aryl methyl sites for hydroxylation is 1. The fourth-order valence-electron chi connectivity index (χ4n) is 1.70. The molecule has 0 aliphatic rings. The zero-order valence-electron chi connectivity index (χ0n) is 10.8. The van der Waals surface area contributed by atoms with E-state index in [2.05, 4.69) is 36.2 Å². The summed E-state index contributed by atoms with van der Waals surface area (Å²) >= 11 is 0. The van der Waals surface area contributed by atoms with E-state index in [0.29, 0.717) is 0 Å². The molecule has 18 heavy (non-hydrogen) atoms. The summed E-state index contributed by atoms with van der Waals surface area (Å²) in [5.41, 5.74) is 4.43. The molecular weight excluding hydrogens is 218 g/mol. The Morgan fingerprint density at radius 2 is 1.61 bits per heavy atom. The van der Waals surface area contributed by atoms with Gasteiger partial charge in [-0.15, -0.1) is 0 Å². The monoisotopic (exact) mass is 235 g/mol. The van der Waals surface area contributed by atoms with Gasteiger partial charge in [-0.2, -0.15) is 0 Å². The summed E-state index contributed by atoms with van der Waals surface area (Å²) in [4.78, 5) is 4.60. The van der Waals surface area contributed by atoms with Crippen LogP contribution in [0.1, 0.15) is 18.1 Å². The summed E-state index contributed by atoms with van der Waals surface area (Å²) in [6.07, 6.45) is 4.12. The van der Waals surface area contributed by atoms with Gasteiger partial charge in [0.15, 0.2) is 0 Å². The van der Waals surface area contributed by atoms with Crippen LogP contribution in [0.2, 0.25) is 0 Å². The van der Waals surface area contributed by atoms with Crippen molar-refractivity contribution in [1.82, 2.24) is 0 Å². The number of nitrogens with zero attached hydrogens (tertiary/aromatic N) is 1. The summed E-state index contributed by atoms with van der Waals surface area (Å²) in [7, 11) is 0. The molecule has 0 amide bonds. The summed E-state index contributed by atoms with van der Waals surface area (Å²) in [6, 6.07) is 18.4. The van der Waals surface area contributed by atoms with Crippen molar-refractivity contribution in [2.24, 2.45) is 4.99 Å². The van der Waals surface area contributed by atoms with Crippen molar-refractivity contribution in [3.63, 3.8) is 0 Å². The summed E-state index contributed by atoms with van der Waals surface area (Å²) < 4.78 is 0. The van der Waals surface area contributed by atoms with Crippen molar-refractivity contribution >= 4 is 17.5 Å². The first kappa shape index (κ1) is 12.3. The predicted octanol–water partition coefficient (Wildman–Crippen LogP) is 4.80. The van der Waals surface area contributed by atoms with Crippen LogP contribution in [0.4, 0.5) is 5.69 Å². The van der Waals surface area contributed by atoms with Crippen LogP contribution < -0.4 is 0 Å². The van der Waals surface area contributed by atoms with E-state index in [1.807, 2.05) is 49.4 Å². The molecule has 0 fully saturated rings. The second-order valence-electron chi connectivity index (χ2n) is 4.28. The van der Waals surface area contributed by atoms with Crippen LogP contribution >= 0.6 is 0 Å². The zero-order chi connectivity index (χ0) is 12.8. The van der Waals surface area contributed by atoms with Crippen molar-refractivity contribution in [2.45, 2.75) is 13.8 Å². The lowest BCUT2D eigenvalue weighted by Gasteiger charge is -1.99. The van der Waals surface area contributed by atoms with Crippen LogP contribution in [0.3, 0.4) is 0 Å². The van der Waals surface area contributed by atoms with Gasteiger partial charge in [0, 0.05) is 5.71 Å². The minimum Gasteiger partial charge on any atom is -0.253 e. The Morgan fingerprint density at radius 3 is 2.33 bits per heavy atom. The third-order valence-corrected chi connectivity index (χ3v) is 2.73. The Hall–Kier alpha value is -2.15. The van der Waals surface area contributed by atoms with E-state index in [4.69, 9.17) is 0 Å². The van der Waals surface area contributed by atoms with Gasteiger partial charge >= 0.3 is 0 Å². The molecule has 0 atom stereocenters. The topological polar surface area (TPSA) is 12.4 Å². The van der Waals surface area contributed by atoms with E-state index in [9.17, 15) is 0 Å². The Morgan fingerprint density at radius 1 is 0.944 bits per heavy atom. The summed E-state index contributed by atoms with van der Waals surface area (Å²) in [5.74, 6) is 0. The number of allylic oxidation sites excluding steroid dienone is 1. The molecule has 2 rings (SSSR count). The molecule has 0 aliphatic heterocycles. The molecular formula is C17H17N. The molecule has 0 aliphatic carbocycles. The SMILES string of the molecule is CC(/C=C\c1ccccc1)=N/c1ccccc1C. The van der Waals surface area contributed by atoms with Gasteiger partial charge < -0.3 is 0 Å². The van der Waals surface area contributed by atoms with Gasteiger partial charge in [0.05, 0.1) is 5.69 Å². The molecule has 2 aromatic rings. The molecule has 2 aromatic carbocycles. The molecule has 0 radical (unpaired) electrons. The van der Waals surface area contributed by atoms with Crippen LogP contribution in [0.5, 0.6) is 0 Å². The molecule has 0 heterocycles. The third-order valence-electron chi connectivity index (χ3n) is 2.73. The first-order chi connectivity index (χ1) is 8.75. The molecule has 0 saturated carbocycles. The molecule has 0 saturated heterocycles. The van der Waals surface area contributed by atoms with Gasteiger partial charge in [-0.05, 0) is 37.1 Å². The number of benzene rings is 2. The van der Waals surface area contributed by atoms with Crippen molar-refractivity contribution in [3.05, 3.63) is 71.8 Å². The van der Waals surface area contributed by atoms with Crippen molar-refractivity contribution in [2.75, 3.05) is 0 Å². The molecule has 0 aromatic heterocycles. The van der Waals surface area contributed by atoms with Crippen molar-refractivity contribution < 1.29 is 0 Å². The fourth-order valence-corrected chi connectivity index (χ4v) is 1.70. The molecule has 90 valence electrons. The van der Waals surface area contributed by atoms with E-state index < -0.39 is 0 Å². The summed E-state index contributed by atoms with van der Waals surface area (Å²) in [5, 5.41) is 0. The van der Waals surface area contributed by atoms with E-state index in [-0.39, 0.29) is 0 Å². The van der Waals surface area contributed by atoms with Crippen LogP contribution in [0.25, 0.3) is 6.08 Å². The Labute approximate surface area is 109 Å². The maximum absolute atomic E-state index is 4.60. The van der Waals surface area contributed by atoms with Crippen LogP contribution in [0, 0.1) is 6.92 Å². The van der Waals surface area contributed by atoms with Crippen molar-refractivity contribution in [3.8, 4) is 0 Å². The fraction of sp³-hybridized carbons (Fsp3) is 0.118. The number of rotatable bonds is 3. The van der Waals surface area contributed by atoms with Gasteiger partial charge in [-0.1, -0.05) is 54.6 Å². The van der Waals surface area contributed by atoms with Gasteiger partial charge in [-0.3, -0.25) is 4.99 Å². The third kappa shape index (κ3) is 3.42. The van der Waals surface area contributed by atoms with Gasteiger partial charge in [0.1, 0.15) is 0 Å². The Bertz CT molecular complexity index is 565. The standard InChI is InChI=1S/C17H17N/c1-14-8-6-7-11-17(14)18-15(2)12-13-16-9-4-3-5-10-16/h3-13H,1-2H3/b13-12-,18-15-. The second kappa shape index (κ2) is 5.97. The molecule has 0 N–H and O–H groups in total. The average molecular weight is 235 g/mol. The highest BCUT2D eigenvalue weighted by molar-refractivity contribution is 5.98. The Kier molecular flexibility index (Phi) is 4.08. The largest absolute Gasteiger partial charge is 0.253 e.